The maximum Gasteiger partial charge on any atom is 0.417 e. The number of nitrogens with one attached hydrogen (secondary N) is 2. The molecule has 0 saturated carbocycles. The van der Waals surface area contributed by atoms with Gasteiger partial charge in [-0.25, -0.2) is 4.98 Å². The van der Waals surface area contributed by atoms with Gasteiger partial charge in [-0.05, 0) is 12.5 Å². The van der Waals surface area contributed by atoms with Gasteiger partial charge in [0.1, 0.15) is 5.82 Å². The summed E-state index contributed by atoms with van der Waals surface area (Å²) in [6.07, 6.45) is -2.74. The van der Waals surface area contributed by atoms with Crippen LogP contribution in [0, 0.1) is 5.92 Å². The van der Waals surface area contributed by atoms with Crippen molar-refractivity contribution in [2.75, 3.05) is 18.4 Å². The zero-order valence-electron chi connectivity index (χ0n) is 13.5. The highest BCUT2D eigenvalue weighted by atomic mass is 35.5. The van der Waals surface area contributed by atoms with Crippen LogP contribution in [0.2, 0.25) is 5.02 Å². The van der Waals surface area contributed by atoms with E-state index < -0.39 is 23.6 Å². The van der Waals surface area contributed by atoms with Crippen molar-refractivity contribution in [1.29, 1.82) is 0 Å². The summed E-state index contributed by atoms with van der Waals surface area (Å²) in [5.74, 6) is -1.95. The molecule has 1 atom stereocenters. The molecular formula is C15H19ClF3N3O3. The van der Waals surface area contributed by atoms with Gasteiger partial charge in [0.15, 0.2) is 0 Å². The molecule has 0 aliphatic rings. The van der Waals surface area contributed by atoms with Crippen LogP contribution in [0.15, 0.2) is 12.3 Å². The lowest BCUT2D eigenvalue weighted by Crippen LogP contribution is -2.33. The Morgan fingerprint density at radius 1 is 1.40 bits per heavy atom. The fraction of sp³-hybridized carbons (Fsp3) is 0.533. The first-order chi connectivity index (χ1) is 11.6. The molecule has 25 heavy (non-hydrogen) atoms. The fourth-order valence-electron chi connectivity index (χ4n) is 2.00. The standard InChI is InChI=1S/C15H19ClF3N3O3/c1-2-3-9(14(24)25)7-21-12(23)4-5-20-13-11(16)6-10(8-22-13)15(17,18)19/h6,8-9H,2-5,7H2,1H3,(H,20,22)(H,21,23)(H,24,25). The Hall–Kier alpha value is -2.03. The molecule has 10 heteroatoms. The number of halogens is 4. The number of hydrogen-bond donors (Lipinski definition) is 3. The van der Waals surface area contributed by atoms with Gasteiger partial charge in [0.2, 0.25) is 5.91 Å². The lowest BCUT2D eigenvalue weighted by molar-refractivity contribution is -0.142. The number of amides is 1. The number of rotatable bonds is 9. The molecule has 0 spiro atoms. The lowest BCUT2D eigenvalue weighted by Gasteiger charge is -2.13. The topological polar surface area (TPSA) is 91.3 Å². The third-order valence-corrected chi connectivity index (χ3v) is 3.63. The van der Waals surface area contributed by atoms with Crippen molar-refractivity contribution in [1.82, 2.24) is 10.3 Å². The zero-order valence-corrected chi connectivity index (χ0v) is 14.2. The normalized spacial score (nSPS) is 12.5. The van der Waals surface area contributed by atoms with Gasteiger partial charge in [-0.1, -0.05) is 24.9 Å². The molecule has 1 heterocycles. The Balaban J connectivity index is 2.44. The average molecular weight is 382 g/mol. The number of aliphatic carboxylic acids is 1. The molecule has 0 saturated heterocycles. The van der Waals surface area contributed by atoms with E-state index in [1.54, 1.807) is 0 Å². The smallest absolute Gasteiger partial charge is 0.417 e. The van der Waals surface area contributed by atoms with E-state index in [0.29, 0.717) is 19.0 Å². The third-order valence-electron chi connectivity index (χ3n) is 3.35. The molecule has 1 aromatic heterocycles. The molecule has 1 aromatic rings. The molecule has 1 amide bonds. The minimum Gasteiger partial charge on any atom is -0.481 e. The number of hydrogen-bond acceptors (Lipinski definition) is 4. The van der Waals surface area contributed by atoms with Crippen molar-refractivity contribution < 1.29 is 27.9 Å². The van der Waals surface area contributed by atoms with Gasteiger partial charge in [-0.15, -0.1) is 0 Å². The SMILES string of the molecule is CCCC(CNC(=O)CCNc1ncc(C(F)(F)F)cc1Cl)C(=O)O. The highest BCUT2D eigenvalue weighted by Crippen LogP contribution is 2.32. The van der Waals surface area contributed by atoms with Crippen LogP contribution in [0.5, 0.6) is 0 Å². The summed E-state index contributed by atoms with van der Waals surface area (Å²) in [4.78, 5) is 26.2. The van der Waals surface area contributed by atoms with Crippen LogP contribution in [0.3, 0.4) is 0 Å². The van der Waals surface area contributed by atoms with Crippen LogP contribution in [0.25, 0.3) is 0 Å². The summed E-state index contributed by atoms with van der Waals surface area (Å²) in [5, 5.41) is 14.0. The summed E-state index contributed by atoms with van der Waals surface area (Å²) in [6.45, 7) is 1.97. The monoisotopic (exact) mass is 381 g/mol. The molecule has 6 nitrogen and oxygen atoms in total. The van der Waals surface area contributed by atoms with E-state index in [2.05, 4.69) is 15.6 Å². The molecule has 0 aliphatic heterocycles. The predicted molar refractivity (Wildman–Crippen MR) is 86.4 cm³/mol. The highest BCUT2D eigenvalue weighted by Gasteiger charge is 2.31. The Morgan fingerprint density at radius 3 is 2.60 bits per heavy atom. The number of carboxylic acids is 1. The van der Waals surface area contributed by atoms with Crippen molar-refractivity contribution >= 4 is 29.3 Å². The first kappa shape index (κ1) is 21.0. The van der Waals surface area contributed by atoms with E-state index >= 15 is 0 Å². The van der Waals surface area contributed by atoms with Crippen molar-refractivity contribution in [3.8, 4) is 0 Å². The number of nitrogens with zero attached hydrogens (tertiary/aromatic N) is 1. The van der Waals surface area contributed by atoms with Crippen LogP contribution in [-0.2, 0) is 15.8 Å². The second-order valence-electron chi connectivity index (χ2n) is 5.36. The van der Waals surface area contributed by atoms with Crippen molar-refractivity contribution in [2.24, 2.45) is 5.92 Å². The second-order valence-corrected chi connectivity index (χ2v) is 5.76. The third kappa shape index (κ3) is 7.16. The van der Waals surface area contributed by atoms with Gasteiger partial charge in [-0.2, -0.15) is 13.2 Å². The number of carboxylic acid groups (broad SMARTS) is 1. The minimum absolute atomic E-state index is 0.00248. The molecular weight excluding hydrogens is 363 g/mol. The molecule has 0 aromatic carbocycles. The Morgan fingerprint density at radius 2 is 2.08 bits per heavy atom. The summed E-state index contributed by atoms with van der Waals surface area (Å²) >= 11 is 5.73. The molecule has 0 fully saturated rings. The van der Waals surface area contributed by atoms with Gasteiger partial charge in [0.05, 0.1) is 16.5 Å². The molecule has 0 aliphatic carbocycles. The summed E-state index contributed by atoms with van der Waals surface area (Å²) in [5.41, 5.74) is -0.962. The molecule has 140 valence electrons. The van der Waals surface area contributed by atoms with E-state index in [-0.39, 0.29) is 36.3 Å². The Labute approximate surface area is 147 Å². The van der Waals surface area contributed by atoms with Gasteiger partial charge in [0, 0.05) is 25.7 Å². The summed E-state index contributed by atoms with van der Waals surface area (Å²) in [6, 6.07) is 0.749. The number of anilines is 1. The molecule has 0 bridgehead atoms. The molecule has 0 radical (unpaired) electrons. The Bertz CT molecular complexity index is 611. The maximum atomic E-state index is 12.5. The highest BCUT2D eigenvalue weighted by molar-refractivity contribution is 6.32. The van der Waals surface area contributed by atoms with Gasteiger partial charge in [0.25, 0.3) is 0 Å². The number of pyridine rings is 1. The van der Waals surface area contributed by atoms with Gasteiger partial charge < -0.3 is 15.7 Å². The van der Waals surface area contributed by atoms with Crippen LogP contribution in [0.1, 0.15) is 31.7 Å². The fourth-order valence-corrected chi connectivity index (χ4v) is 2.24. The largest absolute Gasteiger partial charge is 0.481 e. The number of alkyl halides is 3. The number of aromatic nitrogens is 1. The molecule has 1 unspecified atom stereocenters. The van der Waals surface area contributed by atoms with E-state index in [9.17, 15) is 22.8 Å². The van der Waals surface area contributed by atoms with Crippen LogP contribution >= 0.6 is 11.6 Å². The average Bonchev–Trinajstić information content (AvgIpc) is 2.51. The summed E-state index contributed by atoms with van der Waals surface area (Å²) in [7, 11) is 0. The van der Waals surface area contributed by atoms with E-state index in [0.717, 1.165) is 6.07 Å². The Kier molecular flexibility index (Phi) is 7.95. The van der Waals surface area contributed by atoms with Crippen LogP contribution in [-0.4, -0.2) is 35.1 Å². The summed E-state index contributed by atoms with van der Waals surface area (Å²) < 4.78 is 37.5. The van der Waals surface area contributed by atoms with Gasteiger partial charge >= 0.3 is 12.1 Å². The number of carbonyl (C=O) groups is 2. The maximum absolute atomic E-state index is 12.5. The first-order valence-corrected chi connectivity index (χ1v) is 7.99. The van der Waals surface area contributed by atoms with Crippen LogP contribution < -0.4 is 10.6 Å². The second kappa shape index (κ2) is 9.45. The van der Waals surface area contributed by atoms with Gasteiger partial charge in [-0.3, -0.25) is 9.59 Å². The van der Waals surface area contributed by atoms with Crippen LogP contribution in [0.4, 0.5) is 19.0 Å². The first-order valence-electron chi connectivity index (χ1n) is 7.61. The van der Waals surface area contributed by atoms with Crippen molar-refractivity contribution in [3.63, 3.8) is 0 Å². The molecule has 1 rings (SSSR count). The quantitative estimate of drug-likeness (QED) is 0.611. The predicted octanol–water partition coefficient (Wildman–Crippen LogP) is 3.17. The minimum atomic E-state index is -4.53. The van der Waals surface area contributed by atoms with E-state index in [1.165, 1.54) is 0 Å². The number of carbonyl (C=O) groups excluding carboxylic acids is 1. The van der Waals surface area contributed by atoms with Crippen molar-refractivity contribution in [2.45, 2.75) is 32.4 Å². The lowest BCUT2D eigenvalue weighted by atomic mass is 10.0. The van der Waals surface area contributed by atoms with Crippen molar-refractivity contribution in [3.05, 3.63) is 22.8 Å². The van der Waals surface area contributed by atoms with E-state index in [4.69, 9.17) is 16.7 Å². The molecule has 3 N–H and O–H groups in total. The van der Waals surface area contributed by atoms with E-state index in [1.807, 2.05) is 6.92 Å². The zero-order chi connectivity index (χ0) is 19.0.